The highest BCUT2D eigenvalue weighted by Gasteiger charge is 2.31. The number of aliphatic hydroxyl groups excluding tert-OH is 1. The fourth-order valence-corrected chi connectivity index (χ4v) is 5.32. The van der Waals surface area contributed by atoms with Crippen LogP contribution in [-0.4, -0.2) is 58.4 Å². The van der Waals surface area contributed by atoms with Gasteiger partial charge >= 0.3 is 17.5 Å². The molecule has 0 radical (unpaired) electrons. The molecule has 0 bridgehead atoms. The van der Waals surface area contributed by atoms with Gasteiger partial charge in [0, 0.05) is 25.3 Å². The highest BCUT2D eigenvalue weighted by molar-refractivity contribution is 6.28. The van der Waals surface area contributed by atoms with E-state index in [0.717, 1.165) is 37.4 Å². The Balaban J connectivity index is 0.973. The first-order chi connectivity index (χ1) is 23.0. The lowest BCUT2D eigenvalue weighted by molar-refractivity contribution is -0.389. The Kier molecular flexibility index (Phi) is 11.5. The summed E-state index contributed by atoms with van der Waals surface area (Å²) in [6.45, 7) is 2.90. The molecular formula is C33H34ClF3N4O7. The molecule has 0 spiro atoms. The Morgan fingerprint density at radius 2 is 1.50 bits per heavy atom. The zero-order valence-corrected chi connectivity index (χ0v) is 26.5. The number of aryl methyl sites for hydroxylation is 1. The van der Waals surface area contributed by atoms with Gasteiger partial charge in [-0.15, -0.1) is 13.2 Å². The molecule has 4 aromatic rings. The zero-order chi connectivity index (χ0) is 34.1. The number of rotatable bonds is 15. The second-order valence-corrected chi connectivity index (χ2v) is 11.6. The van der Waals surface area contributed by atoms with Crippen LogP contribution in [0.1, 0.15) is 24.8 Å². The Bertz CT molecular complexity index is 1610. The molecule has 0 aliphatic carbocycles. The zero-order valence-electron chi connectivity index (χ0n) is 25.7. The van der Waals surface area contributed by atoms with E-state index in [-0.39, 0.29) is 43.0 Å². The molecule has 0 amide bonds. The number of ether oxygens (including phenoxy) is 4. The minimum absolute atomic E-state index is 0.00628. The van der Waals surface area contributed by atoms with Gasteiger partial charge in [0.25, 0.3) is 0 Å². The van der Waals surface area contributed by atoms with E-state index >= 15 is 0 Å². The van der Waals surface area contributed by atoms with E-state index < -0.39 is 17.4 Å². The smallest absolute Gasteiger partial charge is 0.493 e. The fraction of sp³-hybridized carbons (Fsp3) is 0.364. The topological polar surface area (TPSA) is 121 Å². The summed E-state index contributed by atoms with van der Waals surface area (Å²) < 4.78 is 59.7. The molecule has 1 fully saturated rings. The third kappa shape index (κ3) is 10.4. The number of nitrogens with zero attached hydrogens (tertiary/aromatic N) is 4. The number of piperidine rings is 1. The van der Waals surface area contributed by atoms with E-state index in [1.165, 1.54) is 35.0 Å². The summed E-state index contributed by atoms with van der Waals surface area (Å²) in [6.07, 6.45) is -2.04. The van der Waals surface area contributed by atoms with E-state index in [0.29, 0.717) is 29.6 Å². The summed E-state index contributed by atoms with van der Waals surface area (Å²) in [5.41, 5.74) is 1.79. The monoisotopic (exact) mass is 690 g/mol. The molecule has 0 saturated carbocycles. The summed E-state index contributed by atoms with van der Waals surface area (Å²) >= 11 is 5.91. The second-order valence-electron chi connectivity index (χ2n) is 11.3. The van der Waals surface area contributed by atoms with Crippen molar-refractivity contribution in [2.45, 2.75) is 44.9 Å². The molecule has 3 aromatic carbocycles. The van der Waals surface area contributed by atoms with Gasteiger partial charge in [-0.05, 0) is 113 Å². The van der Waals surface area contributed by atoms with Crippen LogP contribution in [0, 0.1) is 16.0 Å². The van der Waals surface area contributed by atoms with Gasteiger partial charge in [-0.2, -0.15) is 0 Å². The number of aliphatic hydroxyl groups is 1. The Labute approximate surface area is 279 Å². The van der Waals surface area contributed by atoms with Crippen LogP contribution in [-0.2, 0) is 13.2 Å². The third-order valence-corrected chi connectivity index (χ3v) is 8.04. The molecule has 1 atom stereocenters. The highest BCUT2D eigenvalue weighted by Crippen LogP contribution is 2.27. The minimum Gasteiger partial charge on any atom is -0.493 e. The van der Waals surface area contributed by atoms with Gasteiger partial charge in [0.2, 0.25) is 0 Å². The second kappa shape index (κ2) is 15.9. The summed E-state index contributed by atoms with van der Waals surface area (Å²) in [6, 6.07) is 20.5. The summed E-state index contributed by atoms with van der Waals surface area (Å²) in [4.78, 5) is 16.2. The lowest BCUT2D eigenvalue weighted by Crippen LogP contribution is -2.35. The number of anilines is 1. The van der Waals surface area contributed by atoms with Crippen LogP contribution in [0.2, 0.25) is 5.28 Å². The maximum Gasteiger partial charge on any atom is 0.573 e. The average molecular weight is 691 g/mol. The maximum atomic E-state index is 12.3. The number of alkyl halides is 3. The molecule has 1 aromatic heterocycles. The quantitative estimate of drug-likeness (QED) is 0.103. The van der Waals surface area contributed by atoms with Crippen molar-refractivity contribution in [3.63, 3.8) is 0 Å². The predicted molar refractivity (Wildman–Crippen MR) is 171 cm³/mol. The van der Waals surface area contributed by atoms with Crippen LogP contribution in [0.25, 0.3) is 0 Å². The van der Waals surface area contributed by atoms with Crippen molar-refractivity contribution in [2.75, 3.05) is 31.2 Å². The van der Waals surface area contributed by atoms with E-state index in [2.05, 4.69) is 14.6 Å². The van der Waals surface area contributed by atoms with Gasteiger partial charge in [0.1, 0.15) is 42.4 Å². The number of halogens is 4. The van der Waals surface area contributed by atoms with Gasteiger partial charge in [0.05, 0.1) is 12.7 Å². The van der Waals surface area contributed by atoms with Crippen molar-refractivity contribution in [1.82, 2.24) is 9.55 Å². The predicted octanol–water partition coefficient (Wildman–Crippen LogP) is 7.05. The first-order valence-electron chi connectivity index (χ1n) is 15.2. The molecule has 256 valence electrons. The van der Waals surface area contributed by atoms with Crippen LogP contribution in [0.5, 0.6) is 23.0 Å². The van der Waals surface area contributed by atoms with E-state index in [4.69, 9.17) is 25.8 Å². The number of hydrogen-bond donors (Lipinski definition) is 1. The van der Waals surface area contributed by atoms with E-state index in [9.17, 15) is 28.4 Å². The lowest BCUT2D eigenvalue weighted by atomic mass is 9.97. The molecule has 48 heavy (non-hydrogen) atoms. The summed E-state index contributed by atoms with van der Waals surface area (Å²) in [7, 11) is 0. The van der Waals surface area contributed by atoms with Crippen LogP contribution in [0.3, 0.4) is 0 Å². The van der Waals surface area contributed by atoms with Crippen molar-refractivity contribution in [3.8, 4) is 23.0 Å². The fourth-order valence-electron chi connectivity index (χ4n) is 5.10. The standard InChI is InChI=1S/C33H34ClF3N4O7/c34-32-38-31(41(43)44)19-40(32)18-15-26(42)22-47-27-7-3-25(4-8-27)39-16-13-24(14-17-39)21-46-29-11-9-28(10-12-29)45-20-23-1-5-30(6-2-23)48-33(35,36)37/h1-12,19,24,26,42H,13-18,20-22H2. The molecule has 11 nitrogen and oxygen atoms in total. The van der Waals surface area contributed by atoms with Crippen molar-refractivity contribution >= 4 is 23.1 Å². The van der Waals surface area contributed by atoms with E-state index in [1.54, 1.807) is 12.1 Å². The molecule has 1 aliphatic rings. The Morgan fingerprint density at radius 1 is 0.917 bits per heavy atom. The van der Waals surface area contributed by atoms with Gasteiger partial charge in [-0.1, -0.05) is 12.1 Å². The minimum atomic E-state index is -4.72. The molecule has 1 saturated heterocycles. The lowest BCUT2D eigenvalue weighted by Gasteiger charge is -2.33. The van der Waals surface area contributed by atoms with Crippen LogP contribution < -0.4 is 23.8 Å². The average Bonchev–Trinajstić information content (AvgIpc) is 3.46. The van der Waals surface area contributed by atoms with E-state index in [1.807, 2.05) is 36.4 Å². The number of imidazole rings is 1. The third-order valence-electron chi connectivity index (χ3n) is 7.74. The van der Waals surface area contributed by atoms with Crippen molar-refractivity contribution in [1.29, 1.82) is 0 Å². The number of benzene rings is 3. The number of aromatic nitrogens is 2. The highest BCUT2D eigenvalue weighted by atomic mass is 35.5. The molecular weight excluding hydrogens is 657 g/mol. The Hall–Kier alpha value is -4.69. The maximum absolute atomic E-state index is 12.3. The summed E-state index contributed by atoms with van der Waals surface area (Å²) in [5.74, 6) is 1.77. The van der Waals surface area contributed by atoms with Crippen molar-refractivity contribution in [2.24, 2.45) is 5.92 Å². The van der Waals surface area contributed by atoms with Crippen LogP contribution in [0.15, 0.2) is 79.0 Å². The van der Waals surface area contributed by atoms with Gasteiger partial charge < -0.3 is 39.1 Å². The number of hydrogen-bond acceptors (Lipinski definition) is 9. The van der Waals surface area contributed by atoms with Gasteiger partial charge in [0.15, 0.2) is 0 Å². The number of nitro groups is 1. The largest absolute Gasteiger partial charge is 0.573 e. The summed E-state index contributed by atoms with van der Waals surface area (Å²) in [5, 5.41) is 21.1. The van der Waals surface area contributed by atoms with Crippen LogP contribution in [0.4, 0.5) is 24.7 Å². The molecule has 1 N–H and O–H groups in total. The first-order valence-corrected chi connectivity index (χ1v) is 15.6. The Morgan fingerprint density at radius 3 is 2.10 bits per heavy atom. The van der Waals surface area contributed by atoms with Gasteiger partial charge in [-0.3, -0.25) is 4.57 Å². The molecule has 2 heterocycles. The molecule has 1 unspecified atom stereocenters. The van der Waals surface area contributed by atoms with Crippen LogP contribution >= 0.6 is 11.6 Å². The van der Waals surface area contributed by atoms with Crippen molar-refractivity contribution < 1.29 is 42.1 Å². The van der Waals surface area contributed by atoms with Gasteiger partial charge in [-0.25, -0.2) is 0 Å². The molecule has 5 rings (SSSR count). The first kappa shape index (κ1) is 34.6. The normalized spacial score (nSPS) is 14.4. The van der Waals surface area contributed by atoms with Crippen molar-refractivity contribution in [3.05, 3.63) is 100.0 Å². The molecule has 15 heteroatoms. The SMILES string of the molecule is O=[N+]([O-])c1cn(CCC(O)COc2ccc(N3CCC(COc4ccc(OCc5ccc(OC(F)(F)F)cc5)cc4)CC3)cc2)c(Cl)n1. The molecule has 1 aliphatic heterocycles.